The molecular weight excluding hydrogens is 314 g/mol. The van der Waals surface area contributed by atoms with E-state index in [2.05, 4.69) is 5.32 Å². The molecule has 3 rings (SSSR count). The number of anilines is 1. The normalized spacial score (nSPS) is 11.0. The lowest BCUT2D eigenvalue weighted by Crippen LogP contribution is -2.09. The fraction of sp³-hybridized carbons (Fsp3) is 0. The van der Waals surface area contributed by atoms with Gasteiger partial charge in [0.2, 0.25) is 5.91 Å². The van der Waals surface area contributed by atoms with Crippen molar-refractivity contribution in [3.8, 4) is 0 Å². The van der Waals surface area contributed by atoms with Crippen LogP contribution in [0.2, 0.25) is 5.02 Å². The quantitative estimate of drug-likeness (QED) is 0.737. The smallest absolute Gasteiger partial charge is 0.248 e. The Bertz CT molecular complexity index is 960. The van der Waals surface area contributed by atoms with Crippen LogP contribution in [0.15, 0.2) is 70.1 Å². The number of carbonyl (C=O) groups excluding carboxylic acids is 1. The second-order valence-electron chi connectivity index (χ2n) is 4.85. The van der Waals surface area contributed by atoms with Gasteiger partial charge in [-0.05, 0) is 36.4 Å². The Labute approximate surface area is 137 Å². The van der Waals surface area contributed by atoms with E-state index in [1.165, 1.54) is 18.4 Å². The molecule has 5 heteroatoms. The first kappa shape index (κ1) is 15.1. The summed E-state index contributed by atoms with van der Waals surface area (Å²) in [6, 6.07) is 13.8. The highest BCUT2D eigenvalue weighted by atomic mass is 35.5. The molecule has 0 fully saturated rings. The highest BCUT2D eigenvalue weighted by Gasteiger charge is 2.04. The lowest BCUT2D eigenvalue weighted by Gasteiger charge is -2.02. The van der Waals surface area contributed by atoms with Gasteiger partial charge in [-0.2, -0.15) is 0 Å². The topological polar surface area (TPSA) is 59.3 Å². The Morgan fingerprint density at radius 2 is 1.96 bits per heavy atom. The van der Waals surface area contributed by atoms with E-state index in [0.717, 1.165) is 0 Å². The van der Waals surface area contributed by atoms with E-state index in [1.807, 2.05) is 0 Å². The maximum atomic E-state index is 12.3. The van der Waals surface area contributed by atoms with Gasteiger partial charge < -0.3 is 9.73 Å². The summed E-state index contributed by atoms with van der Waals surface area (Å²) in [7, 11) is 0. The first-order valence-electron chi connectivity index (χ1n) is 6.89. The van der Waals surface area contributed by atoms with Crippen molar-refractivity contribution in [3.63, 3.8) is 0 Å². The van der Waals surface area contributed by atoms with Crippen molar-refractivity contribution in [3.05, 3.63) is 81.7 Å². The van der Waals surface area contributed by atoms with Crippen LogP contribution in [0.4, 0.5) is 5.69 Å². The van der Waals surface area contributed by atoms with Crippen LogP contribution < -0.4 is 10.7 Å². The first-order chi connectivity index (χ1) is 11.1. The molecule has 0 aliphatic rings. The molecule has 0 spiro atoms. The molecule has 0 saturated heterocycles. The van der Waals surface area contributed by atoms with Gasteiger partial charge >= 0.3 is 0 Å². The molecule has 114 valence electrons. The van der Waals surface area contributed by atoms with Crippen LogP contribution in [-0.2, 0) is 4.79 Å². The third-order valence-electron chi connectivity index (χ3n) is 3.21. The van der Waals surface area contributed by atoms with Gasteiger partial charge in [-0.25, -0.2) is 0 Å². The molecule has 1 amide bonds. The molecule has 2 aromatic carbocycles. The van der Waals surface area contributed by atoms with Crippen LogP contribution in [-0.4, -0.2) is 5.91 Å². The van der Waals surface area contributed by atoms with Crippen molar-refractivity contribution in [1.29, 1.82) is 0 Å². The van der Waals surface area contributed by atoms with Crippen molar-refractivity contribution in [2.45, 2.75) is 0 Å². The maximum absolute atomic E-state index is 12.3. The number of fused-ring (bicyclic) bond motifs is 1. The Balaban J connectivity index is 1.81. The zero-order valence-electron chi connectivity index (χ0n) is 12.0. The molecule has 1 N–H and O–H groups in total. The molecule has 0 radical (unpaired) electrons. The van der Waals surface area contributed by atoms with E-state index >= 15 is 0 Å². The summed E-state index contributed by atoms with van der Waals surface area (Å²) in [6.45, 7) is 0. The number of amides is 1. The van der Waals surface area contributed by atoms with Gasteiger partial charge in [0.05, 0.1) is 10.9 Å². The van der Waals surface area contributed by atoms with Crippen molar-refractivity contribution in [2.24, 2.45) is 0 Å². The van der Waals surface area contributed by atoms with Crippen LogP contribution in [0.1, 0.15) is 5.56 Å². The van der Waals surface area contributed by atoms with E-state index in [0.29, 0.717) is 27.2 Å². The SMILES string of the molecule is O=C(/C=C/c1coc2ccccc2c1=O)Nc1cccc(Cl)c1. The highest BCUT2D eigenvalue weighted by molar-refractivity contribution is 6.30. The van der Waals surface area contributed by atoms with Crippen LogP contribution in [0.5, 0.6) is 0 Å². The standard InChI is InChI=1S/C18H12ClNO3/c19-13-4-3-5-14(10-13)20-17(21)9-8-12-11-23-16-7-2-1-6-15(16)18(12)22/h1-11H,(H,20,21)/b9-8+. The zero-order chi connectivity index (χ0) is 16.2. The molecular formula is C18H12ClNO3. The lowest BCUT2D eigenvalue weighted by molar-refractivity contribution is -0.111. The van der Waals surface area contributed by atoms with Crippen molar-refractivity contribution in [2.75, 3.05) is 5.32 Å². The number of carbonyl (C=O) groups is 1. The van der Waals surface area contributed by atoms with Gasteiger partial charge in [-0.1, -0.05) is 29.8 Å². The van der Waals surface area contributed by atoms with E-state index in [1.54, 1.807) is 48.5 Å². The average Bonchev–Trinajstić information content (AvgIpc) is 2.54. The molecule has 0 bridgehead atoms. The molecule has 4 nitrogen and oxygen atoms in total. The van der Waals surface area contributed by atoms with E-state index in [4.69, 9.17) is 16.0 Å². The first-order valence-corrected chi connectivity index (χ1v) is 7.26. The zero-order valence-corrected chi connectivity index (χ0v) is 12.7. The fourth-order valence-electron chi connectivity index (χ4n) is 2.12. The minimum absolute atomic E-state index is 0.182. The second-order valence-corrected chi connectivity index (χ2v) is 5.29. The van der Waals surface area contributed by atoms with Crippen LogP contribution in [0.25, 0.3) is 17.0 Å². The van der Waals surface area contributed by atoms with Gasteiger partial charge in [-0.3, -0.25) is 9.59 Å². The summed E-state index contributed by atoms with van der Waals surface area (Å²) in [5.74, 6) is -0.361. The Kier molecular flexibility index (Phi) is 4.26. The molecule has 0 atom stereocenters. The number of hydrogen-bond acceptors (Lipinski definition) is 3. The number of hydrogen-bond donors (Lipinski definition) is 1. The molecule has 1 aromatic heterocycles. The lowest BCUT2D eigenvalue weighted by atomic mass is 10.1. The summed E-state index contributed by atoms with van der Waals surface area (Å²) in [5.41, 5.74) is 1.22. The molecule has 0 saturated carbocycles. The molecule has 0 aliphatic heterocycles. The van der Waals surface area contributed by atoms with E-state index in [9.17, 15) is 9.59 Å². The summed E-state index contributed by atoms with van der Waals surface area (Å²) in [5, 5.41) is 3.67. The van der Waals surface area contributed by atoms with Crippen LogP contribution in [0.3, 0.4) is 0 Å². The van der Waals surface area contributed by atoms with Gasteiger partial charge in [0.15, 0.2) is 5.43 Å². The van der Waals surface area contributed by atoms with Gasteiger partial charge in [-0.15, -0.1) is 0 Å². The van der Waals surface area contributed by atoms with Crippen molar-refractivity contribution in [1.82, 2.24) is 0 Å². The summed E-state index contributed by atoms with van der Waals surface area (Å²) >= 11 is 5.85. The molecule has 0 aliphatic carbocycles. The third-order valence-corrected chi connectivity index (χ3v) is 3.45. The Morgan fingerprint density at radius 3 is 2.78 bits per heavy atom. The average molecular weight is 326 g/mol. The predicted molar refractivity (Wildman–Crippen MR) is 91.6 cm³/mol. The number of para-hydroxylation sites is 1. The van der Waals surface area contributed by atoms with Gasteiger partial charge in [0.1, 0.15) is 11.8 Å². The largest absolute Gasteiger partial charge is 0.463 e. The molecule has 3 aromatic rings. The molecule has 0 unspecified atom stereocenters. The van der Waals surface area contributed by atoms with Crippen LogP contribution in [0, 0.1) is 0 Å². The minimum Gasteiger partial charge on any atom is -0.463 e. The number of nitrogens with one attached hydrogen (secondary N) is 1. The monoisotopic (exact) mass is 325 g/mol. The predicted octanol–water partition coefficient (Wildman–Crippen LogP) is 4.10. The van der Waals surface area contributed by atoms with E-state index in [-0.39, 0.29) is 11.3 Å². The third kappa shape index (κ3) is 3.49. The minimum atomic E-state index is -0.361. The number of halogens is 1. The fourth-order valence-corrected chi connectivity index (χ4v) is 2.31. The highest BCUT2D eigenvalue weighted by Crippen LogP contribution is 2.15. The molecule has 23 heavy (non-hydrogen) atoms. The van der Waals surface area contributed by atoms with Gasteiger partial charge in [0.25, 0.3) is 0 Å². The summed E-state index contributed by atoms with van der Waals surface area (Å²) < 4.78 is 5.39. The second kappa shape index (κ2) is 6.50. The summed E-state index contributed by atoms with van der Waals surface area (Å²) in [4.78, 5) is 24.2. The van der Waals surface area contributed by atoms with Crippen molar-refractivity contribution < 1.29 is 9.21 Å². The Morgan fingerprint density at radius 1 is 1.13 bits per heavy atom. The van der Waals surface area contributed by atoms with Crippen molar-refractivity contribution >= 4 is 40.2 Å². The van der Waals surface area contributed by atoms with E-state index < -0.39 is 0 Å². The summed E-state index contributed by atoms with van der Waals surface area (Å²) in [6.07, 6.45) is 4.05. The van der Waals surface area contributed by atoms with Gasteiger partial charge in [0, 0.05) is 16.8 Å². The maximum Gasteiger partial charge on any atom is 0.248 e. The number of rotatable bonds is 3. The van der Waals surface area contributed by atoms with Crippen LogP contribution >= 0.6 is 11.6 Å². The number of benzene rings is 2. The molecule has 1 heterocycles. The Hall–Kier alpha value is -2.85.